The highest BCUT2D eigenvalue weighted by Crippen LogP contribution is 2.19. The molecule has 1 aromatic rings. The average Bonchev–Trinajstić information content (AvgIpc) is 2.89. The topological polar surface area (TPSA) is 33.1 Å². The monoisotopic (exact) mass is 236 g/mol. The molecule has 17 heavy (non-hydrogen) atoms. The minimum Gasteiger partial charge on any atom is -0.319 e. The van der Waals surface area contributed by atoms with Gasteiger partial charge in [0, 0.05) is 25.3 Å². The van der Waals surface area contributed by atoms with Crippen LogP contribution in [-0.2, 0) is 6.54 Å². The van der Waals surface area contributed by atoms with Gasteiger partial charge in [-0.25, -0.2) is 0 Å². The van der Waals surface area contributed by atoms with Crippen LogP contribution in [0.15, 0.2) is 12.3 Å². The second-order valence-corrected chi connectivity index (χ2v) is 5.31. The smallest absolute Gasteiger partial charge is 0.0527 e. The molecule has 1 unspecified atom stereocenters. The molecule has 0 bridgehead atoms. The Morgan fingerprint density at radius 2 is 2.35 bits per heavy atom. The fourth-order valence-electron chi connectivity index (χ4n) is 2.67. The van der Waals surface area contributed by atoms with Crippen molar-refractivity contribution in [2.24, 2.45) is 5.92 Å². The van der Waals surface area contributed by atoms with Crippen molar-refractivity contribution in [2.75, 3.05) is 26.7 Å². The Kier molecular flexibility index (Phi) is 4.18. The average molecular weight is 236 g/mol. The molecule has 1 saturated heterocycles. The summed E-state index contributed by atoms with van der Waals surface area (Å²) >= 11 is 0. The molecule has 0 amide bonds. The standard InChI is InChI=1S/C13H24N4/c1-11(2)17-13(4-6-15-17)10-16-7-5-12(9-16)8-14-3/h4,6,11-12,14H,5,7-10H2,1-3H3. The van der Waals surface area contributed by atoms with Crippen molar-refractivity contribution in [3.63, 3.8) is 0 Å². The van der Waals surface area contributed by atoms with E-state index in [0.717, 1.165) is 19.0 Å². The Morgan fingerprint density at radius 1 is 1.53 bits per heavy atom. The van der Waals surface area contributed by atoms with E-state index in [-0.39, 0.29) is 0 Å². The van der Waals surface area contributed by atoms with Gasteiger partial charge in [-0.15, -0.1) is 0 Å². The zero-order chi connectivity index (χ0) is 12.3. The third-order valence-electron chi connectivity index (χ3n) is 3.49. The van der Waals surface area contributed by atoms with E-state index in [9.17, 15) is 0 Å². The zero-order valence-corrected chi connectivity index (χ0v) is 11.2. The molecule has 1 fully saturated rings. The minimum absolute atomic E-state index is 0.454. The number of hydrogen-bond donors (Lipinski definition) is 1. The number of nitrogens with zero attached hydrogens (tertiary/aromatic N) is 3. The Morgan fingerprint density at radius 3 is 3.06 bits per heavy atom. The predicted molar refractivity (Wildman–Crippen MR) is 69.9 cm³/mol. The van der Waals surface area contributed by atoms with Crippen molar-refractivity contribution < 1.29 is 0 Å². The van der Waals surface area contributed by atoms with Gasteiger partial charge in [0.15, 0.2) is 0 Å². The van der Waals surface area contributed by atoms with E-state index >= 15 is 0 Å². The molecular weight excluding hydrogens is 212 g/mol. The molecule has 4 heteroatoms. The van der Waals surface area contributed by atoms with Gasteiger partial charge in [0.2, 0.25) is 0 Å². The maximum absolute atomic E-state index is 4.39. The predicted octanol–water partition coefficient (Wildman–Crippen LogP) is 1.51. The third-order valence-corrected chi connectivity index (χ3v) is 3.49. The van der Waals surface area contributed by atoms with Crippen LogP contribution < -0.4 is 5.32 Å². The summed E-state index contributed by atoms with van der Waals surface area (Å²) < 4.78 is 2.13. The number of aromatic nitrogens is 2. The van der Waals surface area contributed by atoms with Gasteiger partial charge in [0.05, 0.1) is 5.69 Å². The van der Waals surface area contributed by atoms with Gasteiger partial charge in [-0.05, 0) is 52.4 Å². The van der Waals surface area contributed by atoms with Crippen LogP contribution >= 0.6 is 0 Å². The highest BCUT2D eigenvalue weighted by molar-refractivity contribution is 5.02. The molecule has 1 aliphatic heterocycles. The van der Waals surface area contributed by atoms with E-state index in [0.29, 0.717) is 6.04 Å². The first-order valence-electron chi connectivity index (χ1n) is 6.60. The van der Waals surface area contributed by atoms with Crippen LogP contribution in [0.1, 0.15) is 32.0 Å². The molecule has 1 N–H and O–H groups in total. The third kappa shape index (κ3) is 3.07. The van der Waals surface area contributed by atoms with Crippen LogP contribution in [-0.4, -0.2) is 41.4 Å². The first-order chi connectivity index (χ1) is 8.20. The van der Waals surface area contributed by atoms with Crippen molar-refractivity contribution in [1.29, 1.82) is 0 Å². The van der Waals surface area contributed by atoms with Crippen LogP contribution in [0.2, 0.25) is 0 Å². The summed E-state index contributed by atoms with van der Waals surface area (Å²) in [6, 6.07) is 2.60. The molecule has 0 aromatic carbocycles. The maximum Gasteiger partial charge on any atom is 0.0527 e. The molecule has 1 aromatic heterocycles. The first-order valence-corrected chi connectivity index (χ1v) is 6.60. The van der Waals surface area contributed by atoms with E-state index in [1.165, 1.54) is 25.2 Å². The second kappa shape index (κ2) is 5.65. The molecule has 0 aliphatic carbocycles. The van der Waals surface area contributed by atoms with Gasteiger partial charge in [-0.3, -0.25) is 9.58 Å². The molecule has 2 heterocycles. The SMILES string of the molecule is CNCC1CCN(Cc2ccnn2C(C)C)C1. The van der Waals surface area contributed by atoms with Gasteiger partial charge in [0.25, 0.3) is 0 Å². The lowest BCUT2D eigenvalue weighted by atomic mass is 10.1. The van der Waals surface area contributed by atoms with Crippen LogP contribution in [0.5, 0.6) is 0 Å². The largest absolute Gasteiger partial charge is 0.319 e. The summed E-state index contributed by atoms with van der Waals surface area (Å²) in [5, 5.41) is 7.67. The van der Waals surface area contributed by atoms with Crippen molar-refractivity contribution >= 4 is 0 Å². The van der Waals surface area contributed by atoms with Crippen molar-refractivity contribution in [3.05, 3.63) is 18.0 Å². The number of likely N-dealkylation sites (tertiary alicyclic amines) is 1. The van der Waals surface area contributed by atoms with Gasteiger partial charge in [-0.2, -0.15) is 5.10 Å². The van der Waals surface area contributed by atoms with Gasteiger partial charge in [0.1, 0.15) is 0 Å². The van der Waals surface area contributed by atoms with Crippen LogP contribution in [0, 0.1) is 5.92 Å². The quantitative estimate of drug-likeness (QED) is 0.841. The summed E-state index contributed by atoms with van der Waals surface area (Å²) in [6.45, 7) is 8.98. The normalized spacial score (nSPS) is 21.5. The molecule has 2 rings (SSSR count). The van der Waals surface area contributed by atoms with E-state index < -0.39 is 0 Å². The highest BCUT2D eigenvalue weighted by atomic mass is 15.3. The fourth-order valence-corrected chi connectivity index (χ4v) is 2.67. The summed E-state index contributed by atoms with van der Waals surface area (Å²) in [5.41, 5.74) is 1.34. The summed E-state index contributed by atoms with van der Waals surface area (Å²) in [6.07, 6.45) is 3.23. The lowest BCUT2D eigenvalue weighted by molar-refractivity contribution is 0.300. The molecule has 0 saturated carbocycles. The Bertz CT molecular complexity index is 345. The molecule has 0 spiro atoms. The number of rotatable bonds is 5. The number of hydrogen-bond acceptors (Lipinski definition) is 3. The van der Waals surface area contributed by atoms with Crippen molar-refractivity contribution in [2.45, 2.75) is 32.9 Å². The zero-order valence-electron chi connectivity index (χ0n) is 11.2. The Labute approximate surface area is 104 Å². The lowest BCUT2D eigenvalue weighted by Crippen LogP contribution is -2.25. The molecule has 96 valence electrons. The minimum atomic E-state index is 0.454. The van der Waals surface area contributed by atoms with Crippen LogP contribution in [0.4, 0.5) is 0 Å². The molecule has 1 aliphatic rings. The van der Waals surface area contributed by atoms with Crippen LogP contribution in [0.3, 0.4) is 0 Å². The lowest BCUT2D eigenvalue weighted by Gasteiger charge is -2.18. The van der Waals surface area contributed by atoms with Crippen molar-refractivity contribution in [3.8, 4) is 0 Å². The van der Waals surface area contributed by atoms with E-state index in [1.807, 2.05) is 13.2 Å². The Hall–Kier alpha value is -0.870. The van der Waals surface area contributed by atoms with Crippen LogP contribution in [0.25, 0.3) is 0 Å². The first kappa shape index (κ1) is 12.6. The van der Waals surface area contributed by atoms with Gasteiger partial charge >= 0.3 is 0 Å². The summed E-state index contributed by atoms with van der Waals surface area (Å²) in [5.74, 6) is 0.815. The van der Waals surface area contributed by atoms with Gasteiger partial charge in [-0.1, -0.05) is 0 Å². The van der Waals surface area contributed by atoms with E-state index in [1.54, 1.807) is 0 Å². The highest BCUT2D eigenvalue weighted by Gasteiger charge is 2.22. The summed E-state index contributed by atoms with van der Waals surface area (Å²) in [4.78, 5) is 2.54. The second-order valence-electron chi connectivity index (χ2n) is 5.31. The maximum atomic E-state index is 4.39. The van der Waals surface area contributed by atoms with Gasteiger partial charge < -0.3 is 5.32 Å². The van der Waals surface area contributed by atoms with E-state index in [4.69, 9.17) is 0 Å². The molecule has 1 atom stereocenters. The Balaban J connectivity index is 1.91. The van der Waals surface area contributed by atoms with Crippen molar-refractivity contribution in [1.82, 2.24) is 20.0 Å². The molecular formula is C13H24N4. The molecule has 0 radical (unpaired) electrons. The number of nitrogens with one attached hydrogen (secondary N) is 1. The fraction of sp³-hybridized carbons (Fsp3) is 0.769. The summed E-state index contributed by atoms with van der Waals surface area (Å²) in [7, 11) is 2.04. The molecule has 4 nitrogen and oxygen atoms in total. The van der Waals surface area contributed by atoms with E-state index in [2.05, 4.69) is 39.9 Å².